The number of benzene rings is 2. The van der Waals surface area contributed by atoms with Crippen LogP contribution in [0.5, 0.6) is 0 Å². The van der Waals surface area contributed by atoms with Gasteiger partial charge in [0.05, 0.1) is 85.0 Å². The maximum absolute atomic E-state index is 12.6. The molecule has 266 valence electrons. The van der Waals surface area contributed by atoms with Crippen LogP contribution in [0.3, 0.4) is 0 Å². The Kier molecular flexibility index (Phi) is 19.4. The molecule has 0 aliphatic heterocycles. The molecule has 1 aliphatic carbocycles. The zero-order chi connectivity index (χ0) is 34.2. The van der Waals surface area contributed by atoms with Gasteiger partial charge in [0, 0.05) is 26.0 Å². The van der Waals surface area contributed by atoms with Crippen molar-refractivity contribution in [3.63, 3.8) is 0 Å². The average Bonchev–Trinajstić information content (AvgIpc) is 3.41. The van der Waals surface area contributed by atoms with E-state index >= 15 is 0 Å². The predicted octanol–water partition coefficient (Wildman–Crippen LogP) is 3.84. The van der Waals surface area contributed by atoms with E-state index in [2.05, 4.69) is 17.4 Å². The molecule has 48 heavy (non-hydrogen) atoms. The number of nitrogens with one attached hydrogen (secondary N) is 1. The Bertz CT molecular complexity index is 1180. The molecule has 0 saturated carbocycles. The Balaban J connectivity index is 1.14. The lowest BCUT2D eigenvalue weighted by Crippen LogP contribution is -2.26. The van der Waals surface area contributed by atoms with E-state index in [-0.39, 0.29) is 37.9 Å². The normalized spacial score (nSPS) is 12.8. The number of fused-ring (bicyclic) bond motifs is 3. The Labute approximate surface area is 283 Å². The highest BCUT2D eigenvalue weighted by Crippen LogP contribution is 2.44. The molecule has 12 nitrogen and oxygen atoms in total. The maximum Gasteiger partial charge on any atom is 0.307 e. The first kappa shape index (κ1) is 39.1. The molecule has 0 bridgehead atoms. The highest BCUT2D eigenvalue weighted by atomic mass is 16.6. The molecule has 0 radical (unpaired) electrons. The first-order chi connectivity index (χ1) is 23.5. The Morgan fingerprint density at radius 2 is 1.21 bits per heavy atom. The second-order valence-electron chi connectivity index (χ2n) is 11.3. The number of carbonyl (C=O) groups is 3. The van der Waals surface area contributed by atoms with Crippen molar-refractivity contribution in [1.82, 2.24) is 5.32 Å². The highest BCUT2D eigenvalue weighted by Gasteiger charge is 2.30. The molecule has 0 saturated heterocycles. The first-order valence-electron chi connectivity index (χ1n) is 16.7. The summed E-state index contributed by atoms with van der Waals surface area (Å²) in [5.74, 6) is -2.59. The van der Waals surface area contributed by atoms with E-state index < -0.39 is 17.9 Å². The maximum atomic E-state index is 12.6. The Hall–Kier alpha value is -3.39. The third kappa shape index (κ3) is 14.8. The van der Waals surface area contributed by atoms with Crippen molar-refractivity contribution in [2.24, 2.45) is 5.92 Å². The first-order valence-corrected chi connectivity index (χ1v) is 16.7. The fraction of sp³-hybridized carbons (Fsp3) is 0.583. The van der Waals surface area contributed by atoms with Crippen LogP contribution in [0, 0.1) is 5.92 Å². The summed E-state index contributed by atoms with van der Waals surface area (Å²) < 4.78 is 37.5. The summed E-state index contributed by atoms with van der Waals surface area (Å²) in [4.78, 5) is 36.5. The molecule has 0 unspecified atom stereocenters. The lowest BCUT2D eigenvalue weighted by Gasteiger charge is -2.16. The van der Waals surface area contributed by atoms with E-state index in [1.807, 2.05) is 36.4 Å². The highest BCUT2D eigenvalue weighted by molar-refractivity contribution is 5.80. The minimum Gasteiger partial charge on any atom is -0.481 e. The number of methoxy groups -OCH3 is 1. The van der Waals surface area contributed by atoms with Crippen LogP contribution in [-0.2, 0) is 47.5 Å². The van der Waals surface area contributed by atoms with Gasteiger partial charge in [-0.05, 0) is 35.1 Å². The molecule has 0 aromatic heterocycles. The third-order valence-electron chi connectivity index (χ3n) is 7.83. The van der Waals surface area contributed by atoms with E-state index in [4.69, 9.17) is 33.2 Å². The number of rotatable bonds is 28. The molecule has 2 N–H and O–H groups in total. The van der Waals surface area contributed by atoms with Crippen molar-refractivity contribution >= 4 is 17.8 Å². The Morgan fingerprint density at radius 1 is 0.708 bits per heavy atom. The van der Waals surface area contributed by atoms with Gasteiger partial charge in [-0.3, -0.25) is 14.4 Å². The summed E-state index contributed by atoms with van der Waals surface area (Å²) in [6.07, 6.45) is 1.52. The fourth-order valence-corrected chi connectivity index (χ4v) is 5.31. The van der Waals surface area contributed by atoms with E-state index in [0.717, 1.165) is 22.3 Å². The van der Waals surface area contributed by atoms with E-state index in [9.17, 15) is 19.5 Å². The molecule has 1 atom stereocenters. The lowest BCUT2D eigenvalue weighted by molar-refractivity contribution is -0.152. The van der Waals surface area contributed by atoms with Gasteiger partial charge in [0.15, 0.2) is 0 Å². The van der Waals surface area contributed by atoms with Crippen molar-refractivity contribution < 1.29 is 52.6 Å². The molecule has 2 aromatic rings. The molecule has 0 fully saturated rings. The van der Waals surface area contributed by atoms with E-state index in [1.165, 1.54) is 0 Å². The van der Waals surface area contributed by atoms with Gasteiger partial charge in [0.2, 0.25) is 5.91 Å². The molecule has 2 aromatic carbocycles. The van der Waals surface area contributed by atoms with Crippen molar-refractivity contribution in [2.75, 3.05) is 92.9 Å². The smallest absolute Gasteiger partial charge is 0.307 e. The van der Waals surface area contributed by atoms with Crippen molar-refractivity contribution in [3.8, 4) is 11.1 Å². The van der Waals surface area contributed by atoms with E-state index in [0.29, 0.717) is 91.9 Å². The number of amides is 1. The monoisotopic (exact) mass is 673 g/mol. The van der Waals surface area contributed by atoms with Crippen LogP contribution in [0.15, 0.2) is 48.5 Å². The van der Waals surface area contributed by atoms with Crippen LogP contribution in [0.25, 0.3) is 11.1 Å². The van der Waals surface area contributed by atoms with Gasteiger partial charge in [0.1, 0.15) is 6.61 Å². The zero-order valence-electron chi connectivity index (χ0n) is 28.0. The summed E-state index contributed by atoms with van der Waals surface area (Å²) in [5, 5.41) is 12.5. The fourth-order valence-electron chi connectivity index (χ4n) is 5.31. The van der Waals surface area contributed by atoms with Crippen LogP contribution in [0.1, 0.15) is 49.1 Å². The minimum atomic E-state index is -1.03. The number of carboxylic acid groups (broad SMARTS) is 1. The minimum absolute atomic E-state index is 0.0722. The zero-order valence-corrected chi connectivity index (χ0v) is 28.0. The second-order valence-corrected chi connectivity index (χ2v) is 11.3. The summed E-state index contributed by atoms with van der Waals surface area (Å²) in [6, 6.07) is 16.1. The van der Waals surface area contributed by atoms with Gasteiger partial charge >= 0.3 is 11.9 Å². The van der Waals surface area contributed by atoms with Gasteiger partial charge in [0.25, 0.3) is 0 Å². The van der Waals surface area contributed by atoms with Gasteiger partial charge in [-0.25, -0.2) is 0 Å². The quantitative estimate of drug-likeness (QED) is 0.100. The van der Waals surface area contributed by atoms with Crippen molar-refractivity contribution in [2.45, 2.75) is 38.0 Å². The SMILES string of the molecule is COCCOCCOCCOCCOCCOCCC(=O)NCCCC[C@H](CC(=O)OCC1c2ccccc2-c2ccccc21)C(=O)O. The number of aliphatic carboxylic acids is 1. The molecule has 12 heteroatoms. The van der Waals surface area contributed by atoms with Gasteiger partial charge in [-0.1, -0.05) is 55.0 Å². The number of unbranched alkanes of at least 4 members (excludes halogenated alkanes) is 1. The average molecular weight is 674 g/mol. The molecular weight excluding hydrogens is 622 g/mol. The molecule has 0 spiro atoms. The topological polar surface area (TPSA) is 148 Å². The summed E-state index contributed by atoms with van der Waals surface area (Å²) in [5.41, 5.74) is 4.48. The molecule has 0 heterocycles. The number of carbonyl (C=O) groups excluding carboxylic acids is 2. The largest absolute Gasteiger partial charge is 0.481 e. The van der Waals surface area contributed by atoms with E-state index in [1.54, 1.807) is 7.11 Å². The number of carboxylic acids is 1. The summed E-state index contributed by atoms with van der Waals surface area (Å²) >= 11 is 0. The molecule has 3 rings (SSSR count). The van der Waals surface area contributed by atoms with Gasteiger partial charge in [-0.15, -0.1) is 0 Å². The second kappa shape index (κ2) is 23.9. The van der Waals surface area contributed by atoms with Crippen molar-refractivity contribution in [1.29, 1.82) is 0 Å². The number of hydrogen-bond acceptors (Lipinski definition) is 10. The van der Waals surface area contributed by atoms with Crippen LogP contribution in [-0.4, -0.2) is 116 Å². The van der Waals surface area contributed by atoms with Gasteiger partial charge in [-0.2, -0.15) is 0 Å². The summed E-state index contributed by atoms with van der Waals surface area (Å²) in [7, 11) is 1.63. The van der Waals surface area contributed by atoms with Crippen LogP contribution < -0.4 is 5.32 Å². The lowest BCUT2D eigenvalue weighted by atomic mass is 9.97. The summed E-state index contributed by atoms with van der Waals surface area (Å²) in [6.45, 7) is 5.68. The van der Waals surface area contributed by atoms with Gasteiger partial charge < -0.3 is 43.6 Å². The molecular formula is C36H51NO11. The van der Waals surface area contributed by atoms with Crippen LogP contribution >= 0.6 is 0 Å². The number of esters is 1. The van der Waals surface area contributed by atoms with Crippen LogP contribution in [0.4, 0.5) is 0 Å². The third-order valence-corrected chi connectivity index (χ3v) is 7.83. The standard InChI is InChI=1S/C36H51NO11/c1-42-16-17-44-20-21-46-24-25-47-23-22-45-19-18-43-15-13-34(38)37-14-7-6-8-28(36(40)41)26-35(39)48-27-33-31-11-4-2-9-29(31)30-10-3-5-12-32(30)33/h2-5,9-12,28,33H,6-8,13-27H2,1H3,(H,37,38)(H,40,41)/t28-/m1/s1. The van der Waals surface area contributed by atoms with Crippen LogP contribution in [0.2, 0.25) is 0 Å². The Morgan fingerprint density at radius 3 is 1.73 bits per heavy atom. The number of hydrogen-bond donors (Lipinski definition) is 2. The number of ether oxygens (including phenoxy) is 7. The van der Waals surface area contributed by atoms with Crippen molar-refractivity contribution in [3.05, 3.63) is 59.7 Å². The molecule has 1 amide bonds. The predicted molar refractivity (Wildman–Crippen MR) is 178 cm³/mol. The molecule has 1 aliphatic rings.